The third-order valence-corrected chi connectivity index (χ3v) is 4.86. The zero-order valence-electron chi connectivity index (χ0n) is 15.0. The SMILES string of the molecule is O=C(c1ccc(F)cc1)N1CCN(CC(O)COCC2CCCO2)CC1. The topological polar surface area (TPSA) is 62.2 Å². The minimum absolute atomic E-state index is 0.0786. The normalized spacial score (nSPS) is 22.5. The van der Waals surface area contributed by atoms with Gasteiger partial charge in [0.2, 0.25) is 0 Å². The first-order valence-electron chi connectivity index (χ1n) is 9.26. The molecule has 3 rings (SSSR count). The van der Waals surface area contributed by atoms with Crippen molar-refractivity contribution in [1.29, 1.82) is 0 Å². The smallest absolute Gasteiger partial charge is 0.253 e. The maximum atomic E-state index is 13.0. The molecule has 1 aromatic rings. The standard InChI is InChI=1S/C19H27FN2O4/c20-16-5-3-15(4-6-16)19(24)22-9-7-21(8-10-22)12-17(23)13-25-14-18-2-1-11-26-18/h3-6,17-18,23H,1-2,7-14H2. The number of piperazine rings is 1. The largest absolute Gasteiger partial charge is 0.389 e. The zero-order valence-corrected chi connectivity index (χ0v) is 15.0. The van der Waals surface area contributed by atoms with Crippen LogP contribution >= 0.6 is 0 Å². The molecule has 2 heterocycles. The molecule has 2 saturated heterocycles. The summed E-state index contributed by atoms with van der Waals surface area (Å²) in [5, 5.41) is 10.1. The lowest BCUT2D eigenvalue weighted by Crippen LogP contribution is -2.50. The first-order chi connectivity index (χ1) is 12.6. The molecule has 0 radical (unpaired) electrons. The Morgan fingerprint density at radius 2 is 2.00 bits per heavy atom. The molecule has 1 amide bonds. The van der Waals surface area contributed by atoms with E-state index in [4.69, 9.17) is 9.47 Å². The van der Waals surface area contributed by atoms with Crippen LogP contribution in [0.3, 0.4) is 0 Å². The van der Waals surface area contributed by atoms with Crippen LogP contribution in [0, 0.1) is 5.82 Å². The summed E-state index contributed by atoms with van der Waals surface area (Å²) in [6.07, 6.45) is 1.73. The zero-order chi connectivity index (χ0) is 18.4. The van der Waals surface area contributed by atoms with Crippen LogP contribution in [0.1, 0.15) is 23.2 Å². The molecule has 0 bridgehead atoms. The molecule has 26 heavy (non-hydrogen) atoms. The van der Waals surface area contributed by atoms with Crippen molar-refractivity contribution in [2.45, 2.75) is 25.0 Å². The van der Waals surface area contributed by atoms with Gasteiger partial charge in [0.15, 0.2) is 0 Å². The van der Waals surface area contributed by atoms with Crippen molar-refractivity contribution < 1.29 is 23.8 Å². The predicted molar refractivity (Wildman–Crippen MR) is 94.5 cm³/mol. The molecular weight excluding hydrogens is 339 g/mol. The number of hydrogen-bond acceptors (Lipinski definition) is 5. The number of ether oxygens (including phenoxy) is 2. The van der Waals surface area contributed by atoms with E-state index in [2.05, 4.69) is 4.90 Å². The summed E-state index contributed by atoms with van der Waals surface area (Å²) in [6, 6.07) is 5.63. The summed E-state index contributed by atoms with van der Waals surface area (Å²) in [5.74, 6) is -0.424. The Kier molecular flexibility index (Phi) is 6.96. The number of aliphatic hydroxyl groups is 1. The highest BCUT2D eigenvalue weighted by Crippen LogP contribution is 2.13. The van der Waals surface area contributed by atoms with E-state index in [0.29, 0.717) is 51.5 Å². The molecule has 6 nitrogen and oxygen atoms in total. The average Bonchev–Trinajstić information content (AvgIpc) is 3.16. The molecule has 0 saturated carbocycles. The van der Waals surface area contributed by atoms with E-state index in [9.17, 15) is 14.3 Å². The van der Waals surface area contributed by atoms with Crippen molar-refractivity contribution in [3.63, 3.8) is 0 Å². The second kappa shape index (κ2) is 9.41. The van der Waals surface area contributed by atoms with Gasteiger partial charge in [-0.15, -0.1) is 0 Å². The van der Waals surface area contributed by atoms with Crippen molar-refractivity contribution in [2.24, 2.45) is 0 Å². The minimum atomic E-state index is -0.546. The average molecular weight is 366 g/mol. The number of amides is 1. The molecule has 144 valence electrons. The van der Waals surface area contributed by atoms with E-state index in [-0.39, 0.29) is 17.8 Å². The van der Waals surface area contributed by atoms with Crippen LogP contribution in [0.4, 0.5) is 4.39 Å². The lowest BCUT2D eigenvalue weighted by molar-refractivity contribution is -0.0279. The van der Waals surface area contributed by atoms with Crippen molar-refractivity contribution in [1.82, 2.24) is 9.80 Å². The van der Waals surface area contributed by atoms with Gasteiger partial charge in [0.1, 0.15) is 5.82 Å². The van der Waals surface area contributed by atoms with E-state index >= 15 is 0 Å². The Morgan fingerprint density at radius 3 is 2.65 bits per heavy atom. The fourth-order valence-electron chi connectivity index (χ4n) is 3.37. The summed E-state index contributed by atoms with van der Waals surface area (Å²) < 4.78 is 24.0. The number of rotatable bonds is 7. The van der Waals surface area contributed by atoms with Gasteiger partial charge >= 0.3 is 0 Å². The van der Waals surface area contributed by atoms with Crippen LogP contribution in [0.15, 0.2) is 24.3 Å². The van der Waals surface area contributed by atoms with Crippen LogP contribution in [-0.2, 0) is 9.47 Å². The Hall–Kier alpha value is -1.54. The molecular formula is C19H27FN2O4. The number of halogens is 1. The van der Waals surface area contributed by atoms with Gasteiger partial charge in [0.05, 0.1) is 25.4 Å². The fourth-order valence-corrected chi connectivity index (χ4v) is 3.37. The number of carbonyl (C=O) groups is 1. The Labute approximate surface area is 153 Å². The summed E-state index contributed by atoms with van der Waals surface area (Å²) >= 11 is 0. The number of nitrogens with zero attached hydrogens (tertiary/aromatic N) is 2. The quantitative estimate of drug-likeness (QED) is 0.784. The molecule has 2 atom stereocenters. The van der Waals surface area contributed by atoms with Gasteiger partial charge in [-0.3, -0.25) is 9.69 Å². The van der Waals surface area contributed by atoms with E-state index < -0.39 is 6.10 Å². The van der Waals surface area contributed by atoms with Crippen LogP contribution in [0.5, 0.6) is 0 Å². The van der Waals surface area contributed by atoms with E-state index in [1.807, 2.05) is 0 Å². The second-order valence-electron chi connectivity index (χ2n) is 6.93. The molecule has 0 spiro atoms. The molecule has 0 aromatic heterocycles. The first kappa shape index (κ1) is 19.2. The van der Waals surface area contributed by atoms with Crippen LogP contribution in [-0.4, -0.2) is 85.6 Å². The highest BCUT2D eigenvalue weighted by Gasteiger charge is 2.24. The maximum Gasteiger partial charge on any atom is 0.253 e. The maximum absolute atomic E-state index is 13.0. The summed E-state index contributed by atoms with van der Waals surface area (Å²) in [5.41, 5.74) is 0.502. The highest BCUT2D eigenvalue weighted by molar-refractivity contribution is 5.94. The van der Waals surface area contributed by atoms with Gasteiger partial charge in [-0.1, -0.05) is 0 Å². The lowest BCUT2D eigenvalue weighted by Gasteiger charge is -2.35. The number of hydrogen-bond donors (Lipinski definition) is 1. The monoisotopic (exact) mass is 366 g/mol. The molecule has 2 aliphatic heterocycles. The number of benzene rings is 1. The molecule has 2 unspecified atom stereocenters. The Morgan fingerprint density at radius 1 is 1.27 bits per heavy atom. The van der Waals surface area contributed by atoms with Gasteiger partial charge in [-0.05, 0) is 37.1 Å². The van der Waals surface area contributed by atoms with E-state index in [1.54, 1.807) is 4.90 Å². The Balaban J connectivity index is 1.35. The fraction of sp³-hybridized carbons (Fsp3) is 0.632. The van der Waals surface area contributed by atoms with Gasteiger partial charge in [-0.2, -0.15) is 0 Å². The molecule has 0 aliphatic carbocycles. The van der Waals surface area contributed by atoms with Crippen LogP contribution in [0.2, 0.25) is 0 Å². The van der Waals surface area contributed by atoms with Gasteiger partial charge in [0, 0.05) is 44.9 Å². The van der Waals surface area contributed by atoms with Gasteiger partial charge in [-0.25, -0.2) is 4.39 Å². The molecule has 2 fully saturated rings. The lowest BCUT2D eigenvalue weighted by atomic mass is 10.1. The summed E-state index contributed by atoms with van der Waals surface area (Å²) in [7, 11) is 0. The second-order valence-corrected chi connectivity index (χ2v) is 6.93. The number of carbonyl (C=O) groups excluding carboxylic acids is 1. The molecule has 1 N–H and O–H groups in total. The highest BCUT2D eigenvalue weighted by atomic mass is 19.1. The Bertz CT molecular complexity index is 569. The number of aliphatic hydroxyl groups excluding tert-OH is 1. The predicted octanol–water partition coefficient (Wildman–Crippen LogP) is 1.14. The van der Waals surface area contributed by atoms with Crippen LogP contribution < -0.4 is 0 Å². The molecule has 7 heteroatoms. The molecule has 1 aromatic carbocycles. The summed E-state index contributed by atoms with van der Waals surface area (Å²) in [4.78, 5) is 16.3. The van der Waals surface area contributed by atoms with Crippen molar-refractivity contribution in [2.75, 3.05) is 52.5 Å². The van der Waals surface area contributed by atoms with Crippen molar-refractivity contribution in [3.8, 4) is 0 Å². The van der Waals surface area contributed by atoms with E-state index in [1.165, 1.54) is 24.3 Å². The van der Waals surface area contributed by atoms with Crippen molar-refractivity contribution >= 4 is 5.91 Å². The molecule has 2 aliphatic rings. The number of β-amino-alcohol motifs (C(OH)–C–C–N with tert-alkyl or cyclic N) is 1. The van der Waals surface area contributed by atoms with Gasteiger partial charge in [0.25, 0.3) is 5.91 Å². The third kappa shape index (κ3) is 5.48. The summed E-state index contributed by atoms with van der Waals surface area (Å²) in [6.45, 7) is 4.78. The van der Waals surface area contributed by atoms with Crippen molar-refractivity contribution in [3.05, 3.63) is 35.6 Å². The van der Waals surface area contributed by atoms with Gasteiger partial charge < -0.3 is 19.5 Å². The van der Waals surface area contributed by atoms with E-state index in [0.717, 1.165) is 19.4 Å². The third-order valence-electron chi connectivity index (χ3n) is 4.86. The van der Waals surface area contributed by atoms with Crippen LogP contribution in [0.25, 0.3) is 0 Å². The minimum Gasteiger partial charge on any atom is -0.389 e. The first-order valence-corrected chi connectivity index (χ1v) is 9.26.